The molecule has 1 N–H and O–H groups in total. The average Bonchev–Trinajstić information content (AvgIpc) is 2.79. The van der Waals surface area contributed by atoms with Crippen molar-refractivity contribution in [2.75, 3.05) is 6.54 Å². The molecular formula is C14H20ClN. The fraction of sp³-hybridized carbons (Fsp3) is 0.571. The van der Waals surface area contributed by atoms with Crippen molar-refractivity contribution in [2.24, 2.45) is 5.92 Å². The molecule has 1 aromatic rings. The second kappa shape index (κ2) is 5.70. The third-order valence-corrected chi connectivity index (χ3v) is 3.90. The second-order valence-electron chi connectivity index (χ2n) is 4.80. The molecule has 0 saturated heterocycles. The van der Waals surface area contributed by atoms with Crippen LogP contribution in [0.15, 0.2) is 24.3 Å². The maximum atomic E-state index is 6.17. The van der Waals surface area contributed by atoms with Gasteiger partial charge in [0.1, 0.15) is 0 Å². The van der Waals surface area contributed by atoms with Gasteiger partial charge < -0.3 is 5.32 Å². The molecule has 1 aliphatic rings. The number of rotatable bonds is 4. The smallest absolute Gasteiger partial charge is 0.0453 e. The summed E-state index contributed by atoms with van der Waals surface area (Å²) in [6.07, 6.45) is 5.60. The molecular weight excluding hydrogens is 218 g/mol. The van der Waals surface area contributed by atoms with Crippen LogP contribution in [0.4, 0.5) is 0 Å². The van der Waals surface area contributed by atoms with Crippen LogP contribution in [0.25, 0.3) is 0 Å². The van der Waals surface area contributed by atoms with Crippen LogP contribution in [0.2, 0.25) is 5.02 Å². The molecule has 2 rings (SSSR count). The number of hydrogen-bond donors (Lipinski definition) is 1. The molecule has 16 heavy (non-hydrogen) atoms. The van der Waals surface area contributed by atoms with Crippen molar-refractivity contribution < 1.29 is 0 Å². The molecule has 0 spiro atoms. The number of halogens is 1. The zero-order valence-electron chi connectivity index (χ0n) is 9.88. The van der Waals surface area contributed by atoms with Gasteiger partial charge >= 0.3 is 0 Å². The highest BCUT2D eigenvalue weighted by Gasteiger charge is 2.16. The van der Waals surface area contributed by atoms with Gasteiger partial charge in [-0.2, -0.15) is 0 Å². The number of benzene rings is 1. The summed E-state index contributed by atoms with van der Waals surface area (Å²) in [6.45, 7) is 3.32. The summed E-state index contributed by atoms with van der Waals surface area (Å²) in [4.78, 5) is 0. The van der Waals surface area contributed by atoms with E-state index in [0.717, 1.165) is 17.5 Å². The summed E-state index contributed by atoms with van der Waals surface area (Å²) in [6, 6.07) is 8.46. The molecule has 1 nitrogen and oxygen atoms in total. The van der Waals surface area contributed by atoms with Crippen LogP contribution in [0.3, 0.4) is 0 Å². The molecule has 1 atom stereocenters. The molecule has 1 aliphatic carbocycles. The molecule has 1 saturated carbocycles. The Hall–Kier alpha value is -0.530. The Morgan fingerprint density at radius 3 is 2.69 bits per heavy atom. The summed E-state index contributed by atoms with van der Waals surface area (Å²) < 4.78 is 0. The van der Waals surface area contributed by atoms with Crippen molar-refractivity contribution >= 4 is 11.6 Å². The minimum absolute atomic E-state index is 0.356. The summed E-state index contributed by atoms with van der Waals surface area (Å²) in [7, 11) is 0. The molecule has 0 heterocycles. The normalized spacial score (nSPS) is 18.9. The monoisotopic (exact) mass is 237 g/mol. The van der Waals surface area contributed by atoms with E-state index in [1.807, 2.05) is 12.1 Å². The van der Waals surface area contributed by atoms with E-state index in [1.54, 1.807) is 0 Å². The van der Waals surface area contributed by atoms with Crippen molar-refractivity contribution in [1.82, 2.24) is 5.32 Å². The van der Waals surface area contributed by atoms with Crippen LogP contribution in [0.5, 0.6) is 0 Å². The fourth-order valence-electron chi connectivity index (χ4n) is 2.49. The highest BCUT2D eigenvalue weighted by molar-refractivity contribution is 6.31. The lowest BCUT2D eigenvalue weighted by molar-refractivity contribution is 0.452. The summed E-state index contributed by atoms with van der Waals surface area (Å²) in [5, 5.41) is 4.47. The van der Waals surface area contributed by atoms with E-state index in [2.05, 4.69) is 24.4 Å². The van der Waals surface area contributed by atoms with Gasteiger partial charge in [-0.25, -0.2) is 0 Å². The lowest BCUT2D eigenvalue weighted by Gasteiger charge is -2.18. The third-order valence-electron chi connectivity index (χ3n) is 3.56. The number of hydrogen-bond acceptors (Lipinski definition) is 1. The third kappa shape index (κ3) is 2.99. The Labute approximate surface area is 103 Å². The summed E-state index contributed by atoms with van der Waals surface area (Å²) in [5.41, 5.74) is 1.21. The van der Waals surface area contributed by atoms with Crippen LogP contribution in [0.1, 0.15) is 44.2 Å². The predicted molar refractivity (Wildman–Crippen MR) is 69.8 cm³/mol. The van der Waals surface area contributed by atoms with Gasteiger partial charge in [0.05, 0.1) is 0 Å². The Morgan fingerprint density at radius 2 is 2.00 bits per heavy atom. The fourth-order valence-corrected chi connectivity index (χ4v) is 2.79. The summed E-state index contributed by atoms with van der Waals surface area (Å²) in [5.74, 6) is 0.880. The first-order valence-corrected chi connectivity index (χ1v) is 6.63. The quantitative estimate of drug-likeness (QED) is 0.829. The first-order chi connectivity index (χ1) is 7.77. The zero-order valence-corrected chi connectivity index (χ0v) is 10.6. The molecule has 0 unspecified atom stereocenters. The molecule has 1 aromatic carbocycles. The molecule has 88 valence electrons. The molecule has 0 aromatic heterocycles. The van der Waals surface area contributed by atoms with E-state index in [9.17, 15) is 0 Å². The molecule has 1 fully saturated rings. The highest BCUT2D eigenvalue weighted by Crippen LogP contribution is 2.26. The van der Waals surface area contributed by atoms with Crippen LogP contribution < -0.4 is 5.32 Å². The Balaban J connectivity index is 1.87. The maximum Gasteiger partial charge on any atom is 0.0453 e. The molecule has 0 radical (unpaired) electrons. The lowest BCUT2D eigenvalue weighted by atomic mass is 10.1. The van der Waals surface area contributed by atoms with Gasteiger partial charge in [0, 0.05) is 11.1 Å². The highest BCUT2D eigenvalue weighted by atomic mass is 35.5. The Morgan fingerprint density at radius 1 is 1.31 bits per heavy atom. The number of nitrogens with one attached hydrogen (secondary N) is 1. The van der Waals surface area contributed by atoms with Crippen molar-refractivity contribution in [3.8, 4) is 0 Å². The standard InChI is InChI=1S/C14H20ClN/c1-11(13-8-4-5-9-14(13)15)16-10-12-6-2-3-7-12/h4-5,8-9,11-12,16H,2-3,6-7,10H2,1H3/t11-/m1/s1. The van der Waals surface area contributed by atoms with Crippen molar-refractivity contribution in [2.45, 2.75) is 38.6 Å². The first-order valence-electron chi connectivity index (χ1n) is 6.25. The summed E-state index contributed by atoms with van der Waals surface area (Å²) >= 11 is 6.17. The second-order valence-corrected chi connectivity index (χ2v) is 5.21. The maximum absolute atomic E-state index is 6.17. The average molecular weight is 238 g/mol. The van der Waals surface area contributed by atoms with E-state index < -0.39 is 0 Å². The lowest BCUT2D eigenvalue weighted by Crippen LogP contribution is -2.24. The van der Waals surface area contributed by atoms with Crippen LogP contribution in [-0.4, -0.2) is 6.54 Å². The zero-order chi connectivity index (χ0) is 11.4. The van der Waals surface area contributed by atoms with Crippen LogP contribution in [-0.2, 0) is 0 Å². The van der Waals surface area contributed by atoms with E-state index >= 15 is 0 Å². The minimum atomic E-state index is 0.356. The van der Waals surface area contributed by atoms with Gasteiger partial charge in [-0.1, -0.05) is 42.6 Å². The Bertz CT molecular complexity index is 331. The van der Waals surface area contributed by atoms with Crippen molar-refractivity contribution in [1.29, 1.82) is 0 Å². The van der Waals surface area contributed by atoms with Gasteiger partial charge in [-0.15, -0.1) is 0 Å². The van der Waals surface area contributed by atoms with Gasteiger partial charge in [0.2, 0.25) is 0 Å². The molecule has 0 aliphatic heterocycles. The van der Waals surface area contributed by atoms with Crippen LogP contribution >= 0.6 is 11.6 Å². The topological polar surface area (TPSA) is 12.0 Å². The SMILES string of the molecule is C[C@@H](NCC1CCCC1)c1ccccc1Cl. The van der Waals surface area contributed by atoms with Gasteiger partial charge in [0.15, 0.2) is 0 Å². The van der Waals surface area contributed by atoms with Gasteiger partial charge in [-0.3, -0.25) is 0 Å². The van der Waals surface area contributed by atoms with Crippen molar-refractivity contribution in [3.05, 3.63) is 34.9 Å². The van der Waals surface area contributed by atoms with E-state index in [0.29, 0.717) is 6.04 Å². The molecule has 0 amide bonds. The Kier molecular flexibility index (Phi) is 4.25. The predicted octanol–water partition coefficient (Wildman–Crippen LogP) is 4.18. The van der Waals surface area contributed by atoms with E-state index in [-0.39, 0.29) is 0 Å². The molecule has 2 heteroatoms. The van der Waals surface area contributed by atoms with Gasteiger partial charge in [-0.05, 0) is 43.9 Å². The van der Waals surface area contributed by atoms with E-state index in [1.165, 1.54) is 31.2 Å². The van der Waals surface area contributed by atoms with Gasteiger partial charge in [0.25, 0.3) is 0 Å². The minimum Gasteiger partial charge on any atom is -0.310 e. The van der Waals surface area contributed by atoms with Crippen LogP contribution in [0, 0.1) is 5.92 Å². The van der Waals surface area contributed by atoms with Crippen molar-refractivity contribution in [3.63, 3.8) is 0 Å². The first kappa shape index (κ1) is 11.9. The molecule has 0 bridgehead atoms. The van der Waals surface area contributed by atoms with E-state index in [4.69, 9.17) is 11.6 Å². The largest absolute Gasteiger partial charge is 0.310 e.